The number of halogens is 2. The predicted octanol–water partition coefficient (Wildman–Crippen LogP) is 4.34. The lowest BCUT2D eigenvalue weighted by Gasteiger charge is -2.29. The van der Waals surface area contributed by atoms with Gasteiger partial charge in [-0.2, -0.15) is 0 Å². The number of hydrogen-bond donors (Lipinski definition) is 0. The Labute approximate surface area is 179 Å². The molecule has 31 heavy (non-hydrogen) atoms. The molecule has 2 aromatic heterocycles. The van der Waals surface area contributed by atoms with E-state index in [1.165, 1.54) is 11.0 Å². The number of nitrogens with zero attached hydrogens (tertiary/aromatic N) is 3. The zero-order valence-corrected chi connectivity index (χ0v) is 16.8. The normalized spacial score (nSPS) is 15.1. The van der Waals surface area contributed by atoms with Gasteiger partial charge < -0.3 is 9.47 Å². The fourth-order valence-electron chi connectivity index (χ4n) is 3.29. The Bertz CT molecular complexity index is 1270. The van der Waals surface area contributed by atoms with Crippen LogP contribution in [-0.2, 0) is 11.3 Å². The van der Waals surface area contributed by atoms with Crippen molar-refractivity contribution in [3.63, 3.8) is 0 Å². The Kier molecular flexibility index (Phi) is 4.95. The van der Waals surface area contributed by atoms with Crippen LogP contribution in [0.2, 0.25) is 0 Å². The highest BCUT2D eigenvalue weighted by atomic mass is 32.1. The number of thiazole rings is 1. The van der Waals surface area contributed by atoms with Gasteiger partial charge in [0.2, 0.25) is 6.10 Å². The van der Waals surface area contributed by atoms with Gasteiger partial charge in [-0.3, -0.25) is 14.7 Å². The van der Waals surface area contributed by atoms with E-state index in [1.807, 2.05) is 12.1 Å². The molecule has 1 aliphatic heterocycles. The van der Waals surface area contributed by atoms with Gasteiger partial charge in [-0.1, -0.05) is 29.5 Å². The average Bonchev–Trinajstić information content (AvgIpc) is 3.21. The minimum Gasteiger partial charge on any atom is -0.485 e. The van der Waals surface area contributed by atoms with Gasteiger partial charge in [0.05, 0.1) is 11.2 Å². The number of pyridine rings is 1. The number of para-hydroxylation sites is 2. The van der Waals surface area contributed by atoms with E-state index in [-0.39, 0.29) is 23.8 Å². The molecule has 1 atom stereocenters. The summed E-state index contributed by atoms with van der Waals surface area (Å²) in [5.41, 5.74) is 0.760. The Morgan fingerprint density at radius 3 is 2.81 bits per heavy atom. The maximum atomic E-state index is 14.2. The second kappa shape index (κ2) is 7.92. The molecule has 0 radical (unpaired) electrons. The highest BCUT2D eigenvalue weighted by Gasteiger charge is 2.33. The Balaban J connectivity index is 1.52. The van der Waals surface area contributed by atoms with Gasteiger partial charge >= 0.3 is 0 Å². The summed E-state index contributed by atoms with van der Waals surface area (Å²) in [7, 11) is 0. The van der Waals surface area contributed by atoms with Crippen molar-refractivity contribution in [2.24, 2.45) is 0 Å². The first-order valence-electron chi connectivity index (χ1n) is 9.43. The Morgan fingerprint density at radius 1 is 1.16 bits per heavy atom. The monoisotopic (exact) mass is 439 g/mol. The highest BCUT2D eigenvalue weighted by molar-refractivity contribution is 7.22. The van der Waals surface area contributed by atoms with E-state index in [4.69, 9.17) is 9.47 Å². The van der Waals surface area contributed by atoms with Crippen LogP contribution in [-0.4, -0.2) is 28.6 Å². The smallest absolute Gasteiger partial charge is 0.273 e. The summed E-state index contributed by atoms with van der Waals surface area (Å²) >= 11 is 1.03. The molecule has 0 spiro atoms. The van der Waals surface area contributed by atoms with E-state index in [0.717, 1.165) is 23.0 Å². The Hall–Kier alpha value is -3.59. The third-order valence-corrected chi connectivity index (χ3v) is 5.77. The van der Waals surface area contributed by atoms with Crippen LogP contribution in [0.25, 0.3) is 10.2 Å². The van der Waals surface area contributed by atoms with Crippen molar-refractivity contribution >= 4 is 32.6 Å². The maximum Gasteiger partial charge on any atom is 0.273 e. The summed E-state index contributed by atoms with van der Waals surface area (Å²) in [6, 6.07) is 12.6. The number of ether oxygens (including phenoxy) is 2. The second-order valence-corrected chi connectivity index (χ2v) is 7.89. The van der Waals surface area contributed by atoms with Gasteiger partial charge in [0.1, 0.15) is 17.9 Å². The standard InChI is InChI=1S/C22H15F2N3O3S/c23-14-8-15(24)20-19(9-14)31-22(26-20)27(11-13-4-3-7-25-10-13)21(28)18-12-29-16-5-1-2-6-17(16)30-18/h1-10,18H,11-12H2/t18-/m0/s1. The third-order valence-electron chi connectivity index (χ3n) is 4.75. The summed E-state index contributed by atoms with van der Waals surface area (Å²) in [4.78, 5) is 23.2. The number of anilines is 1. The lowest BCUT2D eigenvalue weighted by atomic mass is 10.2. The molecule has 0 unspecified atom stereocenters. The first kappa shape index (κ1) is 19.4. The SMILES string of the molecule is O=C([C@@H]1COc2ccccc2O1)N(Cc1cccnc1)c1nc2c(F)cc(F)cc2s1. The molecular formula is C22H15F2N3O3S. The highest BCUT2D eigenvalue weighted by Crippen LogP contribution is 2.35. The summed E-state index contributed by atoms with van der Waals surface area (Å²) in [5, 5.41) is 0.232. The van der Waals surface area contributed by atoms with E-state index >= 15 is 0 Å². The minimum absolute atomic E-state index is 0.0107. The number of hydrogen-bond acceptors (Lipinski definition) is 6. The number of aromatic nitrogens is 2. The predicted molar refractivity (Wildman–Crippen MR) is 111 cm³/mol. The molecule has 5 rings (SSSR count). The third kappa shape index (κ3) is 3.79. The molecule has 0 fully saturated rings. The molecule has 0 bridgehead atoms. The van der Waals surface area contributed by atoms with Gasteiger partial charge in [0.15, 0.2) is 22.4 Å². The second-order valence-electron chi connectivity index (χ2n) is 6.88. The van der Waals surface area contributed by atoms with Crippen LogP contribution in [0.5, 0.6) is 11.5 Å². The van der Waals surface area contributed by atoms with Gasteiger partial charge in [-0.25, -0.2) is 13.8 Å². The molecule has 1 aliphatic rings. The number of benzene rings is 2. The van der Waals surface area contributed by atoms with Crippen molar-refractivity contribution in [2.45, 2.75) is 12.6 Å². The fourth-order valence-corrected chi connectivity index (χ4v) is 4.30. The molecule has 3 heterocycles. The number of amides is 1. The van der Waals surface area contributed by atoms with E-state index in [1.54, 1.807) is 36.7 Å². The van der Waals surface area contributed by atoms with Crippen molar-refractivity contribution in [1.29, 1.82) is 0 Å². The van der Waals surface area contributed by atoms with Crippen LogP contribution in [0.1, 0.15) is 5.56 Å². The largest absolute Gasteiger partial charge is 0.485 e. The summed E-state index contributed by atoms with van der Waals surface area (Å²) in [6.07, 6.45) is 2.34. The minimum atomic E-state index is -0.917. The summed E-state index contributed by atoms with van der Waals surface area (Å²) in [6.45, 7) is 0.158. The summed E-state index contributed by atoms with van der Waals surface area (Å²) in [5.74, 6) is -0.865. The molecule has 0 saturated heterocycles. The molecule has 9 heteroatoms. The molecule has 6 nitrogen and oxygen atoms in total. The van der Waals surface area contributed by atoms with Crippen molar-refractivity contribution in [3.8, 4) is 11.5 Å². The quantitative estimate of drug-likeness (QED) is 0.473. The fraction of sp³-hybridized carbons (Fsp3) is 0.136. The van der Waals surface area contributed by atoms with Gasteiger partial charge in [0, 0.05) is 18.5 Å². The van der Waals surface area contributed by atoms with Crippen LogP contribution in [0, 0.1) is 11.6 Å². The van der Waals surface area contributed by atoms with E-state index in [9.17, 15) is 13.6 Å². The van der Waals surface area contributed by atoms with Crippen LogP contribution >= 0.6 is 11.3 Å². The van der Waals surface area contributed by atoms with Gasteiger partial charge in [-0.15, -0.1) is 0 Å². The Morgan fingerprint density at radius 2 is 2.00 bits per heavy atom. The first-order chi connectivity index (χ1) is 15.1. The zero-order valence-electron chi connectivity index (χ0n) is 16.0. The molecule has 1 amide bonds. The van der Waals surface area contributed by atoms with Crippen LogP contribution in [0.4, 0.5) is 13.9 Å². The number of carbonyl (C=O) groups excluding carboxylic acids is 1. The number of rotatable bonds is 4. The van der Waals surface area contributed by atoms with E-state index < -0.39 is 23.6 Å². The van der Waals surface area contributed by atoms with E-state index in [2.05, 4.69) is 9.97 Å². The topological polar surface area (TPSA) is 64.6 Å². The number of carbonyl (C=O) groups is 1. The van der Waals surface area contributed by atoms with Gasteiger partial charge in [-0.05, 0) is 29.8 Å². The summed E-state index contributed by atoms with van der Waals surface area (Å²) < 4.78 is 39.7. The maximum absolute atomic E-state index is 14.2. The lowest BCUT2D eigenvalue weighted by Crippen LogP contribution is -2.46. The molecule has 0 N–H and O–H groups in total. The molecular weight excluding hydrogens is 424 g/mol. The lowest BCUT2D eigenvalue weighted by molar-refractivity contribution is -0.127. The van der Waals surface area contributed by atoms with Crippen molar-refractivity contribution in [1.82, 2.24) is 9.97 Å². The van der Waals surface area contributed by atoms with Crippen LogP contribution in [0.15, 0.2) is 60.9 Å². The van der Waals surface area contributed by atoms with Crippen LogP contribution < -0.4 is 14.4 Å². The molecule has 0 aliphatic carbocycles. The van der Waals surface area contributed by atoms with Crippen molar-refractivity contribution in [3.05, 3.63) is 78.1 Å². The molecule has 0 saturated carbocycles. The molecule has 2 aromatic carbocycles. The van der Waals surface area contributed by atoms with E-state index in [0.29, 0.717) is 16.2 Å². The molecule has 4 aromatic rings. The molecule has 156 valence electrons. The van der Waals surface area contributed by atoms with Crippen molar-refractivity contribution < 1.29 is 23.0 Å². The average molecular weight is 439 g/mol. The zero-order chi connectivity index (χ0) is 21.4. The first-order valence-corrected chi connectivity index (χ1v) is 10.2. The van der Waals surface area contributed by atoms with Crippen LogP contribution in [0.3, 0.4) is 0 Å². The number of fused-ring (bicyclic) bond motifs is 2. The van der Waals surface area contributed by atoms with Crippen molar-refractivity contribution in [2.75, 3.05) is 11.5 Å². The van der Waals surface area contributed by atoms with Gasteiger partial charge in [0.25, 0.3) is 5.91 Å².